The maximum absolute atomic E-state index is 13.7. The Morgan fingerprint density at radius 1 is 0.911 bits per heavy atom. The number of amides is 2. The van der Waals surface area contributed by atoms with Gasteiger partial charge in [0.25, 0.3) is 0 Å². The maximum atomic E-state index is 13.7. The molecule has 0 aliphatic heterocycles. The van der Waals surface area contributed by atoms with Gasteiger partial charge in [0.05, 0.1) is 36.7 Å². The smallest absolute Gasteiger partial charge is 0.303 e. The fourth-order valence-corrected chi connectivity index (χ4v) is 7.07. The Morgan fingerprint density at radius 3 is 2.16 bits per heavy atom. The van der Waals surface area contributed by atoms with Gasteiger partial charge in [0.2, 0.25) is 11.8 Å². The average Bonchev–Trinajstić information content (AvgIpc) is 2.99. The van der Waals surface area contributed by atoms with Crippen LogP contribution in [0.3, 0.4) is 0 Å². The number of rotatable bonds is 21. The first-order valence-electron chi connectivity index (χ1n) is 15.1. The second-order valence-electron chi connectivity index (χ2n) is 10.9. The highest BCUT2D eigenvalue weighted by Gasteiger charge is 2.34. The quantitative estimate of drug-likeness (QED) is 0.134. The van der Waals surface area contributed by atoms with Crippen LogP contribution >= 0.6 is 12.4 Å². The monoisotopic (exact) mass is 669 g/mol. The van der Waals surface area contributed by atoms with E-state index < -0.39 is 69.7 Å². The molecule has 2 rings (SSSR count). The maximum Gasteiger partial charge on any atom is 0.303 e. The van der Waals surface area contributed by atoms with Gasteiger partial charge in [0.15, 0.2) is 9.84 Å². The Kier molecular flexibility index (Phi) is 18.4. The number of carbonyl (C=O) groups excluding carboxylic acids is 2. The number of methoxy groups -OCH3 is 1. The van der Waals surface area contributed by atoms with Crippen molar-refractivity contribution in [2.75, 3.05) is 19.4 Å². The minimum atomic E-state index is -3.81. The Bertz CT molecular complexity index is 1290. The molecule has 45 heavy (non-hydrogen) atoms. The van der Waals surface area contributed by atoms with E-state index in [4.69, 9.17) is 9.84 Å². The van der Waals surface area contributed by atoms with Crippen LogP contribution in [-0.2, 0) is 37.2 Å². The second kappa shape index (κ2) is 20.8. The molecule has 2 aromatic carbocycles. The van der Waals surface area contributed by atoms with Crippen LogP contribution < -0.4 is 20.7 Å². The number of hydrogen-bond acceptors (Lipinski definition) is 8. The summed E-state index contributed by atoms with van der Waals surface area (Å²) in [6.07, 6.45) is 0.427. The Morgan fingerprint density at radius 2 is 1.56 bits per heavy atom. The van der Waals surface area contributed by atoms with Crippen LogP contribution in [0.4, 0.5) is 0 Å². The zero-order valence-electron chi connectivity index (χ0n) is 26.2. The number of halogens is 1. The molecule has 0 aromatic heterocycles. The van der Waals surface area contributed by atoms with E-state index in [0.717, 1.165) is 11.1 Å². The van der Waals surface area contributed by atoms with Gasteiger partial charge in [-0.1, -0.05) is 69.2 Å². The number of ether oxygens (including phenoxy) is 1. The number of nitrogens with one attached hydrogen (secondary N) is 3. The molecule has 0 aliphatic rings. The van der Waals surface area contributed by atoms with Crippen molar-refractivity contribution in [1.29, 1.82) is 0 Å². The molecular weight excluding hydrogens is 622 g/mol. The minimum Gasteiger partial charge on any atom is -0.497 e. The number of hydrogen-bond donors (Lipinski definition) is 5. The third-order valence-electron chi connectivity index (χ3n) is 7.25. The molecule has 0 bridgehead atoms. The van der Waals surface area contributed by atoms with Crippen molar-refractivity contribution < 1.29 is 37.8 Å². The summed E-state index contributed by atoms with van der Waals surface area (Å²) in [5, 5.41) is 27.9. The molecule has 0 spiro atoms. The van der Waals surface area contributed by atoms with Crippen molar-refractivity contribution in [3.05, 3.63) is 65.7 Å². The third-order valence-corrected chi connectivity index (χ3v) is 9.54. The Balaban J connectivity index is 0.0000101. The molecule has 2 amide bonds. The number of aliphatic hydroxyl groups excluding tert-OH is 1. The van der Waals surface area contributed by atoms with Gasteiger partial charge in [-0.25, -0.2) is 8.42 Å². The van der Waals surface area contributed by atoms with Gasteiger partial charge < -0.3 is 30.9 Å². The third kappa shape index (κ3) is 14.6. The van der Waals surface area contributed by atoms with Gasteiger partial charge in [-0.05, 0) is 42.5 Å². The summed E-state index contributed by atoms with van der Waals surface area (Å²) in [6, 6.07) is 14.4. The van der Waals surface area contributed by atoms with Crippen LogP contribution in [0.1, 0.15) is 63.5 Å². The highest BCUT2D eigenvalue weighted by atomic mass is 35.5. The molecule has 13 heteroatoms. The van der Waals surface area contributed by atoms with E-state index in [-0.39, 0.29) is 25.4 Å². The summed E-state index contributed by atoms with van der Waals surface area (Å²) in [6.45, 7) is 4.30. The number of carboxylic acid groups (broad SMARTS) is 1. The van der Waals surface area contributed by atoms with Crippen molar-refractivity contribution in [2.24, 2.45) is 0 Å². The SMILES string of the molecule is CCCC(CCC)S(=O)(=O)C[C@H](NC(=O)CCC(=O)O)C(=O)N[C@@H](Cc1ccccc1)[C@H](O)CNCc1cccc(OC)c1.Cl. The lowest BCUT2D eigenvalue weighted by molar-refractivity contribution is -0.139. The molecule has 0 aliphatic carbocycles. The molecule has 5 N–H and O–H groups in total. The standard InChI is InChI=1S/C32H47N3O8S.ClH/c1-4-10-26(11-5-2)44(41,42)22-28(34-30(37)16-17-31(38)39)32(40)35-27(19-23-12-7-6-8-13-23)29(36)21-33-20-24-14-9-15-25(18-24)43-3;/h6-9,12-15,18,26-29,33,36H,4-5,10-11,16-17,19-22H2,1-3H3,(H,34,37)(H,35,40)(H,38,39);1H/t27-,28-,29+;/m0./s1. The molecule has 0 saturated heterocycles. The van der Waals surface area contributed by atoms with Crippen LogP contribution in [-0.4, -0.2) is 79.3 Å². The summed E-state index contributed by atoms with van der Waals surface area (Å²) in [5.41, 5.74) is 1.77. The van der Waals surface area contributed by atoms with Gasteiger partial charge >= 0.3 is 5.97 Å². The van der Waals surface area contributed by atoms with Crippen molar-refractivity contribution >= 4 is 40.0 Å². The Labute approximate surface area is 272 Å². The number of benzene rings is 2. The van der Waals surface area contributed by atoms with Gasteiger partial charge in [-0.2, -0.15) is 0 Å². The fourth-order valence-electron chi connectivity index (χ4n) is 4.91. The lowest BCUT2D eigenvalue weighted by atomic mass is 10.0. The van der Waals surface area contributed by atoms with E-state index >= 15 is 0 Å². The molecule has 252 valence electrons. The molecule has 0 saturated carbocycles. The zero-order chi connectivity index (χ0) is 32.5. The van der Waals surface area contributed by atoms with Crippen LogP contribution in [0.2, 0.25) is 0 Å². The largest absolute Gasteiger partial charge is 0.497 e. The lowest BCUT2D eigenvalue weighted by Gasteiger charge is -2.28. The molecule has 0 unspecified atom stereocenters. The first kappa shape index (κ1) is 39.8. The summed E-state index contributed by atoms with van der Waals surface area (Å²) >= 11 is 0. The van der Waals surface area contributed by atoms with E-state index in [0.29, 0.717) is 38.0 Å². The summed E-state index contributed by atoms with van der Waals surface area (Å²) in [5.74, 6) is -2.63. The Hall–Kier alpha value is -3.19. The van der Waals surface area contributed by atoms with E-state index in [9.17, 15) is 27.9 Å². The predicted octanol–water partition coefficient (Wildman–Crippen LogP) is 3.03. The summed E-state index contributed by atoms with van der Waals surface area (Å²) in [7, 11) is -2.23. The highest BCUT2D eigenvalue weighted by molar-refractivity contribution is 7.92. The van der Waals surface area contributed by atoms with Crippen LogP contribution in [0.25, 0.3) is 0 Å². The van der Waals surface area contributed by atoms with E-state index in [1.807, 2.05) is 68.4 Å². The normalized spacial score (nSPS) is 13.3. The molecule has 3 atom stereocenters. The molecule has 0 heterocycles. The number of aliphatic hydroxyl groups is 1. The zero-order valence-corrected chi connectivity index (χ0v) is 27.9. The van der Waals surface area contributed by atoms with Crippen LogP contribution in [0.5, 0.6) is 5.75 Å². The van der Waals surface area contributed by atoms with Gasteiger partial charge in [0, 0.05) is 19.5 Å². The predicted molar refractivity (Wildman–Crippen MR) is 176 cm³/mol. The first-order valence-corrected chi connectivity index (χ1v) is 16.8. The van der Waals surface area contributed by atoms with E-state index in [2.05, 4.69) is 16.0 Å². The highest BCUT2D eigenvalue weighted by Crippen LogP contribution is 2.18. The lowest BCUT2D eigenvalue weighted by Crippen LogP contribution is -2.57. The van der Waals surface area contributed by atoms with Gasteiger partial charge in [-0.15, -0.1) is 12.4 Å². The first-order chi connectivity index (χ1) is 21.0. The van der Waals surface area contributed by atoms with Crippen molar-refractivity contribution in [3.63, 3.8) is 0 Å². The number of carboxylic acids is 1. The van der Waals surface area contributed by atoms with Crippen molar-refractivity contribution in [1.82, 2.24) is 16.0 Å². The van der Waals surface area contributed by atoms with Gasteiger partial charge in [0.1, 0.15) is 11.8 Å². The van der Waals surface area contributed by atoms with Crippen molar-refractivity contribution in [2.45, 2.75) is 88.8 Å². The van der Waals surface area contributed by atoms with E-state index in [1.54, 1.807) is 7.11 Å². The molecule has 0 radical (unpaired) electrons. The van der Waals surface area contributed by atoms with Crippen molar-refractivity contribution in [3.8, 4) is 5.75 Å². The minimum absolute atomic E-state index is 0. The topological polar surface area (TPSA) is 171 Å². The van der Waals surface area contributed by atoms with Gasteiger partial charge in [-0.3, -0.25) is 14.4 Å². The van der Waals surface area contributed by atoms with E-state index in [1.165, 1.54) is 0 Å². The van der Waals surface area contributed by atoms with Crippen LogP contribution in [0, 0.1) is 0 Å². The molecular formula is C32H48ClN3O8S. The summed E-state index contributed by atoms with van der Waals surface area (Å²) in [4.78, 5) is 37.2. The summed E-state index contributed by atoms with van der Waals surface area (Å²) < 4.78 is 32.1. The molecule has 2 aromatic rings. The number of sulfone groups is 1. The number of aliphatic carboxylic acids is 1. The number of carbonyl (C=O) groups is 3. The molecule has 0 fully saturated rings. The molecule has 11 nitrogen and oxygen atoms in total. The second-order valence-corrected chi connectivity index (χ2v) is 13.2. The fraction of sp³-hybridized carbons (Fsp3) is 0.531. The van der Waals surface area contributed by atoms with Crippen LogP contribution in [0.15, 0.2) is 54.6 Å². The average molecular weight is 670 g/mol.